The van der Waals surface area contributed by atoms with Crippen molar-refractivity contribution in [3.63, 3.8) is 0 Å². The van der Waals surface area contributed by atoms with Crippen molar-refractivity contribution in [2.24, 2.45) is 0 Å². The average Bonchev–Trinajstić information content (AvgIpc) is 2.09. The second kappa shape index (κ2) is 4.04. The fourth-order valence-corrected chi connectivity index (χ4v) is 1.45. The predicted octanol–water partition coefficient (Wildman–Crippen LogP) is 3.44. The third-order valence-corrected chi connectivity index (χ3v) is 2.13. The Hall–Kier alpha value is -1.37. The lowest BCUT2D eigenvalue weighted by Gasteiger charge is -2.08. The summed E-state index contributed by atoms with van der Waals surface area (Å²) in [5.41, 5.74) is 4.04. The molecule has 0 fully saturated rings. The third kappa shape index (κ3) is 2.05. The molecule has 0 bridgehead atoms. The Kier molecular flexibility index (Phi) is 3.02. The minimum Gasteiger partial charge on any atom is -0.305 e. The van der Waals surface area contributed by atoms with Crippen LogP contribution in [-0.2, 0) is 0 Å². The molecule has 0 aliphatic heterocycles. The van der Waals surface area contributed by atoms with Gasteiger partial charge in [-0.15, -0.1) is 0 Å². The number of benzene rings is 1. The van der Waals surface area contributed by atoms with Crippen molar-refractivity contribution in [3.05, 3.63) is 41.5 Å². The van der Waals surface area contributed by atoms with Crippen LogP contribution in [-0.4, -0.2) is 5.71 Å². The van der Waals surface area contributed by atoms with Crippen molar-refractivity contribution in [1.82, 2.24) is 0 Å². The largest absolute Gasteiger partial charge is 0.305 e. The van der Waals surface area contributed by atoms with Crippen LogP contribution in [0.15, 0.2) is 30.3 Å². The van der Waals surface area contributed by atoms with Crippen molar-refractivity contribution >= 4 is 11.3 Å². The van der Waals surface area contributed by atoms with E-state index in [0.717, 1.165) is 11.1 Å². The van der Waals surface area contributed by atoms with Crippen molar-refractivity contribution < 1.29 is 0 Å². The fraction of sp³-hybridized carbons (Fsp3) is 0.250. The van der Waals surface area contributed by atoms with Gasteiger partial charge in [0.25, 0.3) is 0 Å². The molecule has 0 spiro atoms. The molecule has 0 saturated carbocycles. The second-order valence-corrected chi connectivity index (χ2v) is 3.14. The first kappa shape index (κ1) is 9.72. The average molecular weight is 173 g/mol. The second-order valence-electron chi connectivity index (χ2n) is 3.14. The maximum atomic E-state index is 7.62. The molecule has 0 atom stereocenters. The molecule has 0 heterocycles. The summed E-state index contributed by atoms with van der Waals surface area (Å²) in [5.74, 6) is 0. The SMILES string of the molecule is C/C=C(/C(C)=N)c1ccccc1C. The number of rotatable bonds is 2. The van der Waals surface area contributed by atoms with E-state index < -0.39 is 0 Å². The molecule has 0 saturated heterocycles. The van der Waals surface area contributed by atoms with Gasteiger partial charge >= 0.3 is 0 Å². The van der Waals surface area contributed by atoms with Crippen LogP contribution < -0.4 is 0 Å². The molecule has 0 aliphatic rings. The van der Waals surface area contributed by atoms with Crippen LogP contribution in [0.5, 0.6) is 0 Å². The summed E-state index contributed by atoms with van der Waals surface area (Å²) in [6.07, 6.45) is 1.99. The Labute approximate surface area is 79.6 Å². The molecule has 1 aromatic carbocycles. The van der Waals surface area contributed by atoms with Crippen LogP contribution >= 0.6 is 0 Å². The summed E-state index contributed by atoms with van der Waals surface area (Å²) in [4.78, 5) is 0. The van der Waals surface area contributed by atoms with Crippen LogP contribution in [0.25, 0.3) is 5.57 Å². The summed E-state index contributed by atoms with van der Waals surface area (Å²) >= 11 is 0. The topological polar surface area (TPSA) is 23.9 Å². The van der Waals surface area contributed by atoms with Crippen LogP contribution in [0.1, 0.15) is 25.0 Å². The first-order chi connectivity index (χ1) is 6.16. The molecule has 0 aromatic heterocycles. The van der Waals surface area contributed by atoms with Crippen LogP contribution in [0, 0.1) is 12.3 Å². The fourth-order valence-electron chi connectivity index (χ4n) is 1.45. The zero-order chi connectivity index (χ0) is 9.84. The molecular weight excluding hydrogens is 158 g/mol. The van der Waals surface area contributed by atoms with Crippen LogP contribution in [0.2, 0.25) is 0 Å². The van der Waals surface area contributed by atoms with Crippen molar-refractivity contribution in [2.45, 2.75) is 20.8 Å². The molecule has 1 aromatic rings. The van der Waals surface area contributed by atoms with Gasteiger partial charge in [0.1, 0.15) is 0 Å². The summed E-state index contributed by atoms with van der Waals surface area (Å²) in [7, 11) is 0. The summed E-state index contributed by atoms with van der Waals surface area (Å²) in [5, 5.41) is 7.62. The van der Waals surface area contributed by atoms with E-state index in [4.69, 9.17) is 5.41 Å². The van der Waals surface area contributed by atoms with E-state index in [9.17, 15) is 0 Å². The van der Waals surface area contributed by atoms with Gasteiger partial charge in [-0.2, -0.15) is 0 Å². The number of aryl methyl sites for hydroxylation is 1. The van der Waals surface area contributed by atoms with Gasteiger partial charge in [0.2, 0.25) is 0 Å². The Morgan fingerprint density at radius 1 is 1.31 bits per heavy atom. The van der Waals surface area contributed by atoms with E-state index in [2.05, 4.69) is 19.1 Å². The Balaban J connectivity index is 3.21. The predicted molar refractivity (Wildman–Crippen MR) is 58.2 cm³/mol. The zero-order valence-corrected chi connectivity index (χ0v) is 8.39. The van der Waals surface area contributed by atoms with Gasteiger partial charge in [-0.3, -0.25) is 0 Å². The van der Waals surface area contributed by atoms with E-state index in [0.29, 0.717) is 5.71 Å². The van der Waals surface area contributed by atoms with Gasteiger partial charge < -0.3 is 5.41 Å². The lowest BCUT2D eigenvalue weighted by Crippen LogP contribution is -1.96. The highest BCUT2D eigenvalue weighted by atomic mass is 14.4. The lowest BCUT2D eigenvalue weighted by atomic mass is 9.97. The van der Waals surface area contributed by atoms with Gasteiger partial charge in [-0.25, -0.2) is 0 Å². The minimum atomic E-state index is 0.622. The molecule has 1 nitrogen and oxygen atoms in total. The van der Waals surface area contributed by atoms with Gasteiger partial charge in [0.15, 0.2) is 0 Å². The van der Waals surface area contributed by atoms with E-state index >= 15 is 0 Å². The maximum Gasteiger partial charge on any atom is 0.0358 e. The molecule has 0 amide bonds. The van der Waals surface area contributed by atoms with E-state index in [-0.39, 0.29) is 0 Å². The molecule has 0 aliphatic carbocycles. The standard InChI is InChI=1S/C12H15N/c1-4-11(10(3)13)12-8-6-5-7-9(12)2/h4-8,13H,1-3H3/b11-4-,13-10?. The third-order valence-electron chi connectivity index (χ3n) is 2.13. The molecule has 1 N–H and O–H groups in total. The maximum absolute atomic E-state index is 7.62. The highest BCUT2D eigenvalue weighted by molar-refractivity contribution is 6.21. The molecule has 1 heteroatoms. The highest BCUT2D eigenvalue weighted by Crippen LogP contribution is 2.19. The van der Waals surface area contributed by atoms with E-state index in [1.807, 2.05) is 32.1 Å². The molecule has 13 heavy (non-hydrogen) atoms. The normalized spacial score (nSPS) is 11.5. The van der Waals surface area contributed by atoms with Crippen LogP contribution in [0.3, 0.4) is 0 Å². The van der Waals surface area contributed by atoms with Crippen molar-refractivity contribution in [1.29, 1.82) is 5.41 Å². The number of allylic oxidation sites excluding steroid dienone is 2. The van der Waals surface area contributed by atoms with Gasteiger partial charge in [0.05, 0.1) is 0 Å². The van der Waals surface area contributed by atoms with E-state index in [1.165, 1.54) is 5.56 Å². The Morgan fingerprint density at radius 2 is 1.92 bits per heavy atom. The van der Waals surface area contributed by atoms with Gasteiger partial charge in [0, 0.05) is 5.71 Å². The number of hydrogen-bond donors (Lipinski definition) is 1. The first-order valence-corrected chi connectivity index (χ1v) is 4.44. The monoisotopic (exact) mass is 173 g/mol. The van der Waals surface area contributed by atoms with E-state index in [1.54, 1.807) is 0 Å². The number of hydrogen-bond acceptors (Lipinski definition) is 1. The zero-order valence-electron chi connectivity index (χ0n) is 8.39. The molecule has 1 rings (SSSR count). The number of nitrogens with one attached hydrogen (secondary N) is 1. The Morgan fingerprint density at radius 3 is 2.38 bits per heavy atom. The summed E-state index contributed by atoms with van der Waals surface area (Å²) in [6, 6.07) is 8.16. The smallest absolute Gasteiger partial charge is 0.0358 e. The highest BCUT2D eigenvalue weighted by Gasteiger charge is 2.04. The first-order valence-electron chi connectivity index (χ1n) is 4.44. The van der Waals surface area contributed by atoms with Crippen molar-refractivity contribution in [3.8, 4) is 0 Å². The lowest BCUT2D eigenvalue weighted by molar-refractivity contribution is 1.41. The van der Waals surface area contributed by atoms with Crippen LogP contribution in [0.4, 0.5) is 0 Å². The molecular formula is C12H15N. The molecule has 68 valence electrons. The van der Waals surface area contributed by atoms with Crippen molar-refractivity contribution in [2.75, 3.05) is 0 Å². The van der Waals surface area contributed by atoms with Gasteiger partial charge in [-0.1, -0.05) is 30.3 Å². The molecule has 0 unspecified atom stereocenters. The molecule has 0 radical (unpaired) electrons. The quantitative estimate of drug-likeness (QED) is 0.662. The Bertz CT molecular complexity index is 348. The minimum absolute atomic E-state index is 0.622. The summed E-state index contributed by atoms with van der Waals surface area (Å²) < 4.78 is 0. The van der Waals surface area contributed by atoms with Gasteiger partial charge in [-0.05, 0) is 37.5 Å². The summed E-state index contributed by atoms with van der Waals surface area (Å²) in [6.45, 7) is 5.86.